The maximum absolute atomic E-state index is 13.0. The third-order valence-corrected chi connectivity index (χ3v) is 5.44. The molecule has 1 N–H and O–H groups in total. The van der Waals surface area contributed by atoms with E-state index in [1.54, 1.807) is 24.7 Å². The normalized spacial score (nSPS) is 10.8. The summed E-state index contributed by atoms with van der Waals surface area (Å²) in [5.41, 5.74) is 1.97. The van der Waals surface area contributed by atoms with Crippen LogP contribution in [0.25, 0.3) is 16.9 Å². The maximum Gasteiger partial charge on any atom is 0.295 e. The van der Waals surface area contributed by atoms with Crippen molar-refractivity contribution in [2.24, 2.45) is 7.05 Å². The highest BCUT2D eigenvalue weighted by Crippen LogP contribution is 2.20. The molecule has 0 saturated heterocycles. The number of hydrogen-bond donors (Lipinski definition) is 1. The summed E-state index contributed by atoms with van der Waals surface area (Å²) in [5.74, 6) is 0.211. The highest BCUT2D eigenvalue weighted by Gasteiger charge is 2.18. The van der Waals surface area contributed by atoms with Crippen LogP contribution in [0.2, 0.25) is 0 Å². The van der Waals surface area contributed by atoms with Gasteiger partial charge in [0, 0.05) is 18.7 Å². The topological polar surface area (TPSA) is 100 Å². The van der Waals surface area contributed by atoms with E-state index in [0.717, 1.165) is 16.0 Å². The van der Waals surface area contributed by atoms with Crippen molar-refractivity contribution in [3.8, 4) is 22.7 Å². The van der Waals surface area contributed by atoms with Crippen LogP contribution in [0.15, 0.2) is 76.3 Å². The highest BCUT2D eigenvalue weighted by atomic mass is 16.5. The number of amides is 1. The SMILES string of the molecule is CCOc1ccc(-c2ccc(=O)n(CC(=O)Nc3c(C)n(C)n(-c4ccccc4)c3=O)n2)cc1. The number of carbonyl (C=O) groups is 1. The van der Waals surface area contributed by atoms with Crippen LogP contribution in [-0.4, -0.2) is 31.7 Å². The minimum Gasteiger partial charge on any atom is -0.494 e. The van der Waals surface area contributed by atoms with E-state index in [-0.39, 0.29) is 17.8 Å². The van der Waals surface area contributed by atoms with E-state index in [9.17, 15) is 14.4 Å². The largest absolute Gasteiger partial charge is 0.494 e. The van der Waals surface area contributed by atoms with E-state index >= 15 is 0 Å². The number of nitrogens with zero attached hydrogens (tertiary/aromatic N) is 4. The van der Waals surface area contributed by atoms with Crippen molar-refractivity contribution < 1.29 is 9.53 Å². The molecular formula is C25H25N5O4. The van der Waals surface area contributed by atoms with Gasteiger partial charge in [-0.2, -0.15) is 5.10 Å². The second-order valence-corrected chi connectivity index (χ2v) is 7.66. The predicted molar refractivity (Wildman–Crippen MR) is 129 cm³/mol. The van der Waals surface area contributed by atoms with Crippen LogP contribution in [0.5, 0.6) is 5.75 Å². The van der Waals surface area contributed by atoms with Gasteiger partial charge < -0.3 is 10.1 Å². The number of anilines is 1. The predicted octanol–water partition coefficient (Wildman–Crippen LogP) is 2.75. The van der Waals surface area contributed by atoms with Crippen molar-refractivity contribution in [1.82, 2.24) is 19.1 Å². The van der Waals surface area contributed by atoms with Gasteiger partial charge in [-0.15, -0.1) is 0 Å². The lowest BCUT2D eigenvalue weighted by Gasteiger charge is -2.09. The molecule has 0 spiro atoms. The molecule has 2 heterocycles. The standard InChI is InChI=1S/C25H25N5O4/c1-4-34-20-12-10-18(11-13-20)21-14-15-23(32)29(27-21)16-22(31)26-24-17(2)28(3)30(25(24)33)19-8-6-5-7-9-19/h5-15H,4,16H2,1-3H3,(H,26,31). The Hall–Kier alpha value is -4.40. The third-order valence-electron chi connectivity index (χ3n) is 5.44. The van der Waals surface area contributed by atoms with Gasteiger partial charge in [0.1, 0.15) is 18.0 Å². The Labute approximate surface area is 195 Å². The summed E-state index contributed by atoms with van der Waals surface area (Å²) >= 11 is 0. The molecule has 34 heavy (non-hydrogen) atoms. The summed E-state index contributed by atoms with van der Waals surface area (Å²) in [6, 6.07) is 19.4. The molecule has 0 aliphatic rings. The van der Waals surface area contributed by atoms with E-state index in [0.29, 0.717) is 23.7 Å². The number of carbonyl (C=O) groups excluding carboxylic acids is 1. The molecule has 0 unspecified atom stereocenters. The van der Waals surface area contributed by atoms with E-state index < -0.39 is 11.5 Å². The number of hydrogen-bond acceptors (Lipinski definition) is 5. The van der Waals surface area contributed by atoms with Gasteiger partial charge in [0.05, 0.1) is 23.7 Å². The van der Waals surface area contributed by atoms with Crippen LogP contribution in [0, 0.1) is 6.92 Å². The molecule has 2 aromatic carbocycles. The summed E-state index contributed by atoms with van der Waals surface area (Å²) in [6.45, 7) is 3.88. The van der Waals surface area contributed by atoms with Gasteiger partial charge in [0.15, 0.2) is 0 Å². The monoisotopic (exact) mass is 459 g/mol. The molecule has 4 rings (SSSR count). The van der Waals surface area contributed by atoms with Gasteiger partial charge in [0.25, 0.3) is 11.1 Å². The fourth-order valence-corrected chi connectivity index (χ4v) is 3.63. The van der Waals surface area contributed by atoms with Crippen molar-refractivity contribution in [2.45, 2.75) is 20.4 Å². The molecule has 0 bridgehead atoms. The van der Waals surface area contributed by atoms with Gasteiger partial charge in [0.2, 0.25) is 5.91 Å². The lowest BCUT2D eigenvalue weighted by molar-refractivity contribution is -0.117. The summed E-state index contributed by atoms with van der Waals surface area (Å²) < 4.78 is 9.67. The number of aromatic nitrogens is 4. The second-order valence-electron chi connectivity index (χ2n) is 7.66. The number of benzene rings is 2. The lowest BCUT2D eigenvalue weighted by atomic mass is 10.1. The Morgan fingerprint density at radius 2 is 1.71 bits per heavy atom. The van der Waals surface area contributed by atoms with Crippen LogP contribution < -0.4 is 21.2 Å². The third kappa shape index (κ3) is 4.54. The Bertz CT molecular complexity index is 1430. The summed E-state index contributed by atoms with van der Waals surface area (Å²) in [5, 5.41) is 6.99. The van der Waals surface area contributed by atoms with E-state index in [4.69, 9.17) is 4.74 Å². The summed E-state index contributed by atoms with van der Waals surface area (Å²) in [4.78, 5) is 38.1. The smallest absolute Gasteiger partial charge is 0.295 e. The molecule has 9 heteroatoms. The highest BCUT2D eigenvalue weighted by molar-refractivity contribution is 5.91. The molecule has 0 radical (unpaired) electrons. The summed E-state index contributed by atoms with van der Waals surface area (Å²) in [6.07, 6.45) is 0. The van der Waals surface area contributed by atoms with Crippen LogP contribution in [0.4, 0.5) is 5.69 Å². The molecule has 0 aliphatic carbocycles. The van der Waals surface area contributed by atoms with Crippen molar-refractivity contribution in [1.29, 1.82) is 0 Å². The number of nitrogens with one attached hydrogen (secondary N) is 1. The first-order valence-corrected chi connectivity index (χ1v) is 10.8. The first-order chi connectivity index (χ1) is 16.4. The maximum atomic E-state index is 13.0. The molecule has 174 valence electrons. The Kier molecular flexibility index (Phi) is 6.44. The van der Waals surface area contributed by atoms with Crippen LogP contribution in [-0.2, 0) is 18.4 Å². The van der Waals surface area contributed by atoms with Gasteiger partial charge in [-0.05, 0) is 56.3 Å². The van der Waals surface area contributed by atoms with Gasteiger partial charge in [-0.1, -0.05) is 18.2 Å². The molecule has 0 atom stereocenters. The minimum absolute atomic E-state index is 0.159. The van der Waals surface area contributed by atoms with Crippen molar-refractivity contribution in [2.75, 3.05) is 11.9 Å². The van der Waals surface area contributed by atoms with Crippen molar-refractivity contribution >= 4 is 11.6 Å². The lowest BCUT2D eigenvalue weighted by Crippen LogP contribution is -2.30. The molecule has 1 amide bonds. The average Bonchev–Trinajstić information content (AvgIpc) is 3.05. The first kappa shape index (κ1) is 22.8. The van der Waals surface area contributed by atoms with Gasteiger partial charge in [-0.25, -0.2) is 9.36 Å². The van der Waals surface area contributed by atoms with E-state index in [1.807, 2.05) is 61.5 Å². The fraction of sp³-hybridized carbons (Fsp3) is 0.200. The molecule has 0 aliphatic heterocycles. The molecule has 0 fully saturated rings. The Morgan fingerprint density at radius 3 is 2.38 bits per heavy atom. The van der Waals surface area contributed by atoms with Crippen LogP contribution >= 0.6 is 0 Å². The number of para-hydroxylation sites is 1. The molecule has 9 nitrogen and oxygen atoms in total. The van der Waals surface area contributed by atoms with E-state index in [1.165, 1.54) is 10.7 Å². The van der Waals surface area contributed by atoms with E-state index in [2.05, 4.69) is 10.4 Å². The van der Waals surface area contributed by atoms with Crippen molar-refractivity contribution in [3.63, 3.8) is 0 Å². The molecule has 2 aromatic heterocycles. The van der Waals surface area contributed by atoms with Crippen LogP contribution in [0.1, 0.15) is 12.6 Å². The minimum atomic E-state index is -0.524. The molecular weight excluding hydrogens is 434 g/mol. The zero-order valence-electron chi connectivity index (χ0n) is 19.2. The number of rotatable bonds is 7. The molecule has 4 aromatic rings. The fourth-order valence-electron chi connectivity index (χ4n) is 3.63. The van der Waals surface area contributed by atoms with Crippen LogP contribution in [0.3, 0.4) is 0 Å². The molecule has 0 saturated carbocycles. The Balaban J connectivity index is 1.57. The Morgan fingerprint density at radius 1 is 1.00 bits per heavy atom. The zero-order chi connectivity index (χ0) is 24.2. The van der Waals surface area contributed by atoms with Crippen molar-refractivity contribution in [3.05, 3.63) is 93.1 Å². The quantitative estimate of drug-likeness (QED) is 0.458. The van der Waals surface area contributed by atoms with Gasteiger partial charge in [-0.3, -0.25) is 19.1 Å². The second kappa shape index (κ2) is 9.62. The zero-order valence-corrected chi connectivity index (χ0v) is 19.2. The summed E-state index contributed by atoms with van der Waals surface area (Å²) in [7, 11) is 1.74. The number of ether oxygens (including phenoxy) is 1. The first-order valence-electron chi connectivity index (χ1n) is 10.8. The average molecular weight is 460 g/mol. The van der Waals surface area contributed by atoms with Gasteiger partial charge >= 0.3 is 0 Å².